The molecule has 0 amide bonds. The molecule has 7 heteroatoms. The molecule has 0 aliphatic carbocycles. The minimum absolute atomic E-state index is 0.0551. The van der Waals surface area contributed by atoms with Gasteiger partial charge in [-0.3, -0.25) is 9.69 Å². The summed E-state index contributed by atoms with van der Waals surface area (Å²) in [5.74, 6) is 0. The highest BCUT2D eigenvalue weighted by Crippen LogP contribution is 2.21. The Bertz CT molecular complexity index is 618. The molecule has 0 unspecified atom stereocenters. The van der Waals surface area contributed by atoms with Gasteiger partial charge in [0.05, 0.1) is 4.90 Å². The van der Waals surface area contributed by atoms with E-state index in [1.54, 1.807) is 0 Å². The van der Waals surface area contributed by atoms with Crippen molar-refractivity contribution in [3.8, 4) is 0 Å². The van der Waals surface area contributed by atoms with Gasteiger partial charge in [0, 0.05) is 36.9 Å². The van der Waals surface area contributed by atoms with Gasteiger partial charge in [-0.1, -0.05) is 0 Å². The third kappa shape index (κ3) is 4.15. The van der Waals surface area contributed by atoms with Gasteiger partial charge < -0.3 is 4.98 Å². The van der Waals surface area contributed by atoms with E-state index in [0.29, 0.717) is 0 Å². The molecule has 2 rings (SSSR count). The second-order valence-electron chi connectivity index (χ2n) is 6.44. The Morgan fingerprint density at radius 3 is 2.33 bits per heavy atom. The predicted octanol–water partition coefficient (Wildman–Crippen LogP) is 0.916. The van der Waals surface area contributed by atoms with E-state index >= 15 is 0 Å². The third-order valence-corrected chi connectivity index (χ3v) is 5.35. The van der Waals surface area contributed by atoms with Crippen molar-refractivity contribution in [2.45, 2.75) is 50.1 Å². The lowest BCUT2D eigenvalue weighted by Gasteiger charge is -2.40. The first-order valence-corrected chi connectivity index (χ1v) is 8.63. The fourth-order valence-electron chi connectivity index (χ4n) is 2.52. The van der Waals surface area contributed by atoms with Crippen LogP contribution in [0.25, 0.3) is 0 Å². The zero-order chi connectivity index (χ0) is 15.7. The van der Waals surface area contributed by atoms with Crippen molar-refractivity contribution in [1.29, 1.82) is 0 Å². The van der Waals surface area contributed by atoms with Crippen molar-refractivity contribution >= 4 is 10.0 Å². The first-order chi connectivity index (χ1) is 9.68. The molecule has 0 atom stereocenters. The number of hydrogen-bond donors (Lipinski definition) is 2. The number of nitrogens with zero attached hydrogens (tertiary/aromatic N) is 1. The third-order valence-electron chi connectivity index (χ3n) is 3.83. The first kappa shape index (κ1) is 16.2. The van der Waals surface area contributed by atoms with Crippen LogP contribution in [0.4, 0.5) is 0 Å². The number of sulfonamides is 1. The van der Waals surface area contributed by atoms with Crippen molar-refractivity contribution < 1.29 is 8.42 Å². The smallest absolute Gasteiger partial charge is 0.247 e. The van der Waals surface area contributed by atoms with E-state index in [9.17, 15) is 13.2 Å². The van der Waals surface area contributed by atoms with Crippen LogP contribution in [0.5, 0.6) is 0 Å². The van der Waals surface area contributed by atoms with Crippen molar-refractivity contribution in [3.05, 3.63) is 28.7 Å². The standard InChI is InChI=1S/C14H23N3O3S/c1-14(2,3)17-8-6-11(7-9-17)16-21(19,20)12-4-5-13(18)15-10-12/h4-5,10-11,16H,6-9H2,1-3H3,(H,15,18). The van der Waals surface area contributed by atoms with E-state index in [0.717, 1.165) is 25.9 Å². The van der Waals surface area contributed by atoms with Crippen LogP contribution >= 0.6 is 0 Å². The molecule has 0 saturated carbocycles. The van der Waals surface area contributed by atoms with E-state index in [1.165, 1.54) is 18.3 Å². The summed E-state index contributed by atoms with van der Waals surface area (Å²) in [7, 11) is -3.57. The highest BCUT2D eigenvalue weighted by Gasteiger charge is 2.29. The molecule has 118 valence electrons. The van der Waals surface area contributed by atoms with Crippen LogP contribution in [0.15, 0.2) is 28.0 Å². The SMILES string of the molecule is CC(C)(C)N1CCC(NS(=O)(=O)c2ccc(=O)[nH]c2)CC1. The second-order valence-corrected chi connectivity index (χ2v) is 8.16. The van der Waals surface area contributed by atoms with Gasteiger partial charge in [0.2, 0.25) is 15.6 Å². The van der Waals surface area contributed by atoms with Gasteiger partial charge in [-0.25, -0.2) is 13.1 Å². The number of piperidine rings is 1. The average molecular weight is 313 g/mol. The van der Waals surface area contributed by atoms with Gasteiger partial charge in [0.1, 0.15) is 0 Å². The van der Waals surface area contributed by atoms with Crippen LogP contribution in [-0.2, 0) is 10.0 Å². The maximum atomic E-state index is 12.2. The summed E-state index contributed by atoms with van der Waals surface area (Å²) in [5.41, 5.74) is -0.199. The number of likely N-dealkylation sites (tertiary alicyclic amines) is 1. The van der Waals surface area contributed by atoms with Crippen LogP contribution in [0.1, 0.15) is 33.6 Å². The lowest BCUT2D eigenvalue weighted by molar-refractivity contribution is 0.100. The molecule has 6 nitrogen and oxygen atoms in total. The summed E-state index contributed by atoms with van der Waals surface area (Å²) < 4.78 is 27.2. The number of aromatic amines is 1. The predicted molar refractivity (Wildman–Crippen MR) is 81.7 cm³/mol. The highest BCUT2D eigenvalue weighted by atomic mass is 32.2. The molecule has 0 radical (unpaired) electrons. The maximum Gasteiger partial charge on any atom is 0.247 e. The Morgan fingerprint density at radius 2 is 1.86 bits per heavy atom. The van der Waals surface area contributed by atoms with Crippen LogP contribution in [0, 0.1) is 0 Å². The lowest BCUT2D eigenvalue weighted by Crippen LogP contribution is -2.50. The molecule has 0 aromatic carbocycles. The van der Waals surface area contributed by atoms with Gasteiger partial charge in [-0.15, -0.1) is 0 Å². The summed E-state index contributed by atoms with van der Waals surface area (Å²) in [6.45, 7) is 8.25. The van der Waals surface area contributed by atoms with Crippen molar-refractivity contribution in [2.24, 2.45) is 0 Å². The minimum atomic E-state index is -3.57. The fraction of sp³-hybridized carbons (Fsp3) is 0.643. The molecular formula is C14H23N3O3S. The van der Waals surface area contributed by atoms with E-state index in [4.69, 9.17) is 0 Å². The Morgan fingerprint density at radius 1 is 1.24 bits per heavy atom. The van der Waals surface area contributed by atoms with Gasteiger partial charge >= 0.3 is 0 Å². The normalized spacial score (nSPS) is 18.8. The maximum absolute atomic E-state index is 12.2. The van der Waals surface area contributed by atoms with Crippen LogP contribution in [0.2, 0.25) is 0 Å². The molecule has 2 N–H and O–H groups in total. The topological polar surface area (TPSA) is 82.3 Å². The molecule has 1 fully saturated rings. The number of H-pyrrole nitrogens is 1. The molecule has 1 aliphatic heterocycles. The van der Waals surface area contributed by atoms with E-state index in [2.05, 4.69) is 35.4 Å². The number of pyridine rings is 1. The Balaban J connectivity index is 2.00. The molecule has 1 aromatic heterocycles. The van der Waals surface area contributed by atoms with Gasteiger partial charge in [-0.2, -0.15) is 0 Å². The van der Waals surface area contributed by atoms with E-state index in [1.807, 2.05) is 0 Å². The Hall–Kier alpha value is -1.18. The molecule has 0 bridgehead atoms. The summed E-state index contributed by atoms with van der Waals surface area (Å²) >= 11 is 0. The monoisotopic (exact) mass is 313 g/mol. The van der Waals surface area contributed by atoms with Gasteiger partial charge in [0.25, 0.3) is 0 Å². The molecule has 0 spiro atoms. The molecule has 1 saturated heterocycles. The second kappa shape index (κ2) is 5.90. The summed E-state index contributed by atoms with van der Waals surface area (Å²) in [6, 6.07) is 2.49. The zero-order valence-corrected chi connectivity index (χ0v) is 13.5. The molecule has 21 heavy (non-hydrogen) atoms. The average Bonchev–Trinajstić information content (AvgIpc) is 2.38. The first-order valence-electron chi connectivity index (χ1n) is 7.14. The molecule has 1 aromatic rings. The van der Waals surface area contributed by atoms with Crippen LogP contribution < -0.4 is 10.3 Å². The van der Waals surface area contributed by atoms with Gasteiger partial charge in [0.15, 0.2) is 0 Å². The Labute approximate surface area is 125 Å². The van der Waals surface area contributed by atoms with Gasteiger partial charge in [-0.05, 0) is 39.7 Å². The largest absolute Gasteiger partial charge is 0.328 e. The number of aromatic nitrogens is 1. The number of hydrogen-bond acceptors (Lipinski definition) is 4. The fourth-order valence-corrected chi connectivity index (χ4v) is 3.79. The number of rotatable bonds is 3. The van der Waals surface area contributed by atoms with Crippen molar-refractivity contribution in [1.82, 2.24) is 14.6 Å². The Kier molecular flexibility index (Phi) is 4.55. The van der Waals surface area contributed by atoms with Crippen LogP contribution in [-0.4, -0.2) is 43.0 Å². The van der Waals surface area contributed by atoms with Crippen molar-refractivity contribution in [2.75, 3.05) is 13.1 Å². The van der Waals surface area contributed by atoms with Crippen molar-refractivity contribution in [3.63, 3.8) is 0 Å². The molecular weight excluding hydrogens is 290 g/mol. The molecule has 2 heterocycles. The van der Waals surface area contributed by atoms with Crippen LogP contribution in [0.3, 0.4) is 0 Å². The summed E-state index contributed by atoms with van der Waals surface area (Å²) in [5, 5.41) is 0. The quantitative estimate of drug-likeness (QED) is 0.869. The summed E-state index contributed by atoms with van der Waals surface area (Å²) in [4.78, 5) is 15.8. The zero-order valence-electron chi connectivity index (χ0n) is 12.7. The lowest BCUT2D eigenvalue weighted by atomic mass is 9.99. The minimum Gasteiger partial charge on any atom is -0.328 e. The molecule has 1 aliphatic rings. The van der Waals surface area contributed by atoms with E-state index in [-0.39, 0.29) is 22.0 Å². The number of nitrogens with one attached hydrogen (secondary N) is 2. The van der Waals surface area contributed by atoms with E-state index < -0.39 is 10.0 Å². The summed E-state index contributed by atoms with van der Waals surface area (Å²) in [6.07, 6.45) is 2.81. The highest BCUT2D eigenvalue weighted by molar-refractivity contribution is 7.89.